The molecule has 0 heterocycles. The van der Waals surface area contributed by atoms with E-state index in [0.717, 1.165) is 31.0 Å². The molecule has 0 unspecified atom stereocenters. The summed E-state index contributed by atoms with van der Waals surface area (Å²) in [7, 11) is -4.31. The Balaban J connectivity index is 2.19. The molecule has 19 heavy (non-hydrogen) atoms. The van der Waals surface area contributed by atoms with E-state index < -0.39 is 32.2 Å². The van der Waals surface area contributed by atoms with Crippen molar-refractivity contribution in [3.8, 4) is 0 Å². The highest BCUT2D eigenvalue weighted by Crippen LogP contribution is 2.29. The summed E-state index contributed by atoms with van der Waals surface area (Å²) in [5.41, 5.74) is -1.12. The normalized spacial score (nSPS) is 18.7. The molecule has 2 N–H and O–H groups in total. The number of aliphatic hydroxyl groups is 1. The number of sulfonamides is 1. The summed E-state index contributed by atoms with van der Waals surface area (Å²) in [6.07, 6.45) is 2.59. The highest BCUT2D eigenvalue weighted by atomic mass is 32.2. The van der Waals surface area contributed by atoms with E-state index in [0.29, 0.717) is 12.8 Å². The van der Waals surface area contributed by atoms with E-state index in [4.69, 9.17) is 0 Å². The van der Waals surface area contributed by atoms with Crippen LogP contribution < -0.4 is 4.72 Å². The molecule has 0 amide bonds. The average Bonchev–Trinajstić information content (AvgIpc) is 2.74. The second-order valence-electron chi connectivity index (χ2n) is 4.81. The summed E-state index contributed by atoms with van der Waals surface area (Å²) >= 11 is 0. The first-order valence-corrected chi connectivity index (χ1v) is 7.48. The molecular weight excluding hydrogens is 276 g/mol. The van der Waals surface area contributed by atoms with Gasteiger partial charge in [-0.3, -0.25) is 0 Å². The van der Waals surface area contributed by atoms with Crippen LogP contribution in [0, 0.1) is 11.6 Å². The van der Waals surface area contributed by atoms with Gasteiger partial charge in [-0.2, -0.15) is 0 Å². The van der Waals surface area contributed by atoms with Gasteiger partial charge in [0.1, 0.15) is 11.6 Å². The van der Waals surface area contributed by atoms with E-state index in [1.54, 1.807) is 0 Å². The van der Waals surface area contributed by atoms with Gasteiger partial charge in [-0.05, 0) is 25.0 Å². The lowest BCUT2D eigenvalue weighted by molar-refractivity contribution is 0.0531. The molecule has 2 rings (SSSR count). The molecule has 0 atom stereocenters. The fraction of sp³-hybridized carbons (Fsp3) is 0.500. The number of rotatable bonds is 4. The molecule has 0 bridgehead atoms. The van der Waals surface area contributed by atoms with E-state index in [1.165, 1.54) is 0 Å². The van der Waals surface area contributed by atoms with Gasteiger partial charge in [0, 0.05) is 6.54 Å². The van der Waals surface area contributed by atoms with Crippen LogP contribution in [-0.4, -0.2) is 25.7 Å². The minimum atomic E-state index is -4.31. The van der Waals surface area contributed by atoms with E-state index in [-0.39, 0.29) is 6.54 Å². The van der Waals surface area contributed by atoms with Gasteiger partial charge in [0.25, 0.3) is 0 Å². The first-order valence-electron chi connectivity index (χ1n) is 6.00. The Morgan fingerprint density at radius 1 is 1.21 bits per heavy atom. The van der Waals surface area contributed by atoms with E-state index in [1.807, 2.05) is 0 Å². The number of hydrogen-bond donors (Lipinski definition) is 2. The van der Waals surface area contributed by atoms with Crippen LogP contribution >= 0.6 is 0 Å². The fourth-order valence-corrected chi connectivity index (χ4v) is 3.50. The molecule has 7 heteroatoms. The lowest BCUT2D eigenvalue weighted by Crippen LogP contribution is -2.41. The molecular formula is C12H15F2NO3S. The van der Waals surface area contributed by atoms with Gasteiger partial charge >= 0.3 is 0 Å². The second kappa shape index (κ2) is 5.15. The van der Waals surface area contributed by atoms with Gasteiger partial charge in [0.05, 0.1) is 5.60 Å². The zero-order valence-electron chi connectivity index (χ0n) is 10.2. The summed E-state index contributed by atoms with van der Waals surface area (Å²) in [5, 5.41) is 10.0. The van der Waals surface area contributed by atoms with Crippen LogP contribution in [0.1, 0.15) is 25.7 Å². The zero-order chi connectivity index (χ0) is 14.1. The Hall–Kier alpha value is -1.05. The van der Waals surface area contributed by atoms with Crippen LogP contribution in [0.25, 0.3) is 0 Å². The topological polar surface area (TPSA) is 66.4 Å². The first kappa shape index (κ1) is 14.4. The van der Waals surface area contributed by atoms with Crippen molar-refractivity contribution < 1.29 is 22.3 Å². The molecule has 1 aliphatic rings. The zero-order valence-corrected chi connectivity index (χ0v) is 11.0. The summed E-state index contributed by atoms with van der Waals surface area (Å²) < 4.78 is 52.7. The van der Waals surface area contributed by atoms with Crippen molar-refractivity contribution in [1.82, 2.24) is 4.72 Å². The predicted octanol–water partition coefficient (Wildman–Crippen LogP) is 1.55. The molecule has 0 radical (unpaired) electrons. The summed E-state index contributed by atoms with van der Waals surface area (Å²) in [6.45, 7) is -0.233. The van der Waals surface area contributed by atoms with Crippen molar-refractivity contribution in [3.63, 3.8) is 0 Å². The maximum absolute atomic E-state index is 13.4. The number of hydrogen-bond acceptors (Lipinski definition) is 3. The molecule has 0 aromatic heterocycles. The fourth-order valence-electron chi connectivity index (χ4n) is 2.25. The van der Waals surface area contributed by atoms with Crippen molar-refractivity contribution >= 4 is 10.0 Å². The lowest BCUT2D eigenvalue weighted by atomic mass is 10.0. The maximum atomic E-state index is 13.4. The molecule has 1 aromatic rings. The molecule has 1 fully saturated rings. The van der Waals surface area contributed by atoms with Crippen LogP contribution in [-0.2, 0) is 10.0 Å². The van der Waals surface area contributed by atoms with Gasteiger partial charge in [0.15, 0.2) is 4.90 Å². The Morgan fingerprint density at radius 2 is 1.74 bits per heavy atom. The summed E-state index contributed by atoms with van der Waals surface area (Å²) in [4.78, 5) is -1.00. The quantitative estimate of drug-likeness (QED) is 0.884. The third kappa shape index (κ3) is 3.10. The van der Waals surface area contributed by atoms with Gasteiger partial charge in [0.2, 0.25) is 10.0 Å². The third-order valence-corrected chi connectivity index (χ3v) is 4.77. The maximum Gasteiger partial charge on any atom is 0.246 e. The van der Waals surface area contributed by atoms with Crippen LogP contribution in [0.3, 0.4) is 0 Å². The minimum Gasteiger partial charge on any atom is -0.389 e. The van der Waals surface area contributed by atoms with Gasteiger partial charge < -0.3 is 5.11 Å². The molecule has 106 valence electrons. The SMILES string of the molecule is O=S(=O)(NCC1(O)CCCC1)c1c(F)cccc1F. The smallest absolute Gasteiger partial charge is 0.246 e. The Morgan fingerprint density at radius 3 is 2.26 bits per heavy atom. The predicted molar refractivity (Wildman–Crippen MR) is 65.0 cm³/mol. The van der Waals surface area contributed by atoms with Crippen LogP contribution in [0.15, 0.2) is 23.1 Å². The van der Waals surface area contributed by atoms with Crippen molar-refractivity contribution in [1.29, 1.82) is 0 Å². The van der Waals surface area contributed by atoms with Gasteiger partial charge in [-0.15, -0.1) is 0 Å². The summed E-state index contributed by atoms with van der Waals surface area (Å²) in [5.74, 6) is -2.29. The first-order chi connectivity index (χ1) is 8.84. The van der Waals surface area contributed by atoms with Crippen molar-refractivity contribution in [2.24, 2.45) is 0 Å². The number of nitrogens with one attached hydrogen (secondary N) is 1. The highest BCUT2D eigenvalue weighted by molar-refractivity contribution is 7.89. The van der Waals surface area contributed by atoms with Crippen molar-refractivity contribution in [3.05, 3.63) is 29.8 Å². The highest BCUT2D eigenvalue weighted by Gasteiger charge is 2.33. The van der Waals surface area contributed by atoms with E-state index in [2.05, 4.69) is 4.72 Å². The van der Waals surface area contributed by atoms with Crippen molar-refractivity contribution in [2.75, 3.05) is 6.54 Å². The van der Waals surface area contributed by atoms with E-state index in [9.17, 15) is 22.3 Å². The largest absolute Gasteiger partial charge is 0.389 e. The molecule has 4 nitrogen and oxygen atoms in total. The number of halogens is 2. The average molecular weight is 291 g/mol. The van der Waals surface area contributed by atoms with Gasteiger partial charge in [-0.25, -0.2) is 21.9 Å². The molecule has 1 aromatic carbocycles. The van der Waals surface area contributed by atoms with Crippen LogP contribution in [0.4, 0.5) is 8.78 Å². The molecule has 0 saturated heterocycles. The van der Waals surface area contributed by atoms with E-state index >= 15 is 0 Å². The molecule has 0 aliphatic heterocycles. The molecule has 1 saturated carbocycles. The Kier molecular flexibility index (Phi) is 3.89. The minimum absolute atomic E-state index is 0.233. The van der Waals surface area contributed by atoms with Gasteiger partial charge in [-0.1, -0.05) is 18.9 Å². The molecule has 0 spiro atoms. The third-order valence-electron chi connectivity index (χ3n) is 3.31. The van der Waals surface area contributed by atoms with Crippen LogP contribution in [0.5, 0.6) is 0 Å². The standard InChI is InChI=1S/C12H15F2NO3S/c13-9-4-3-5-10(14)11(9)19(17,18)15-8-12(16)6-1-2-7-12/h3-5,15-16H,1-2,6-8H2. The van der Waals surface area contributed by atoms with Crippen LogP contribution in [0.2, 0.25) is 0 Å². The lowest BCUT2D eigenvalue weighted by Gasteiger charge is -2.22. The summed E-state index contributed by atoms with van der Waals surface area (Å²) in [6, 6.07) is 2.85. The molecule has 1 aliphatic carbocycles. The second-order valence-corrected chi connectivity index (χ2v) is 6.51. The monoisotopic (exact) mass is 291 g/mol. The Bertz CT molecular complexity index is 548. The van der Waals surface area contributed by atoms with Crippen molar-refractivity contribution in [2.45, 2.75) is 36.2 Å². The number of benzene rings is 1. The Labute approximate surface area is 110 Å².